The molecule has 0 atom stereocenters. The summed E-state index contributed by atoms with van der Waals surface area (Å²) in [5, 5.41) is 2.32. The number of nitrogens with zero attached hydrogens (tertiary/aromatic N) is 3. The molecule has 1 aliphatic carbocycles. The molecule has 46 heavy (non-hydrogen) atoms. The summed E-state index contributed by atoms with van der Waals surface area (Å²) < 4.78 is 6.36. The molecule has 0 radical (unpaired) electrons. The first-order valence-electron chi connectivity index (χ1n) is 15.6. The third kappa shape index (κ3) is 4.11. The van der Waals surface area contributed by atoms with Gasteiger partial charge >= 0.3 is 0 Å². The Labute approximate surface area is 267 Å². The zero-order valence-electron chi connectivity index (χ0n) is 25.5. The highest BCUT2D eigenvalue weighted by molar-refractivity contribution is 6.08. The number of benzene rings is 6. The molecule has 0 fully saturated rings. The number of furan rings is 1. The molecule has 4 nitrogen and oxygen atoms in total. The molecule has 0 saturated carbocycles. The van der Waals surface area contributed by atoms with Crippen LogP contribution in [0.5, 0.6) is 0 Å². The number of fused-ring (bicyclic) bond motifs is 6. The molecular weight excluding hydrogens is 562 g/mol. The summed E-state index contributed by atoms with van der Waals surface area (Å²) in [6, 6.07) is 48.3. The number of aromatic nitrogens is 3. The van der Waals surface area contributed by atoms with E-state index in [4.69, 9.17) is 19.4 Å². The summed E-state index contributed by atoms with van der Waals surface area (Å²) in [5.41, 5.74) is 12.0. The van der Waals surface area contributed by atoms with Crippen LogP contribution in [-0.4, -0.2) is 15.0 Å². The van der Waals surface area contributed by atoms with Crippen molar-refractivity contribution in [1.29, 1.82) is 0 Å². The standard InChI is InChI=1S/C42H29N3O/c1-42(2)34-21-12-20-30(38(34)33-25-37-32(24-35(33)42)31-19-9-10-22-36(31)46-37)28-17-11-18-29(23-28)41-44-39(26-13-5-3-6-14-26)43-40(45-41)27-15-7-4-8-16-27/h3-25H,1-2H3. The summed E-state index contributed by atoms with van der Waals surface area (Å²) in [6.07, 6.45) is 0. The van der Waals surface area contributed by atoms with Crippen LogP contribution in [0.25, 0.3) is 78.4 Å². The van der Waals surface area contributed by atoms with Gasteiger partial charge in [0.2, 0.25) is 0 Å². The van der Waals surface area contributed by atoms with Crippen molar-refractivity contribution >= 4 is 21.9 Å². The molecule has 0 aliphatic heterocycles. The zero-order valence-corrected chi connectivity index (χ0v) is 25.5. The first kappa shape index (κ1) is 26.5. The number of rotatable bonds is 4. The molecule has 1 aliphatic rings. The SMILES string of the molecule is CC1(C)c2cc3c(cc2-c2c(-c4cccc(-c5nc(-c6ccccc6)nc(-c6ccccc6)n5)c4)cccc21)oc1ccccc13. The monoisotopic (exact) mass is 591 g/mol. The topological polar surface area (TPSA) is 51.8 Å². The molecule has 2 heterocycles. The van der Waals surface area contributed by atoms with Gasteiger partial charge in [0.1, 0.15) is 11.2 Å². The molecule has 0 N–H and O–H groups in total. The fourth-order valence-corrected chi connectivity index (χ4v) is 7.01. The third-order valence-corrected chi connectivity index (χ3v) is 9.33. The molecule has 0 saturated heterocycles. The van der Waals surface area contributed by atoms with Crippen LogP contribution in [-0.2, 0) is 5.41 Å². The lowest BCUT2D eigenvalue weighted by Gasteiger charge is -2.21. The van der Waals surface area contributed by atoms with E-state index in [-0.39, 0.29) is 5.41 Å². The van der Waals surface area contributed by atoms with Crippen molar-refractivity contribution in [1.82, 2.24) is 15.0 Å². The lowest BCUT2D eigenvalue weighted by molar-refractivity contribution is 0.658. The van der Waals surface area contributed by atoms with Gasteiger partial charge in [-0.3, -0.25) is 0 Å². The van der Waals surface area contributed by atoms with Crippen LogP contribution in [0.1, 0.15) is 25.0 Å². The number of para-hydroxylation sites is 1. The Hall–Kier alpha value is -5.87. The fourth-order valence-electron chi connectivity index (χ4n) is 7.01. The second-order valence-electron chi connectivity index (χ2n) is 12.5. The van der Waals surface area contributed by atoms with Crippen molar-refractivity contribution in [2.24, 2.45) is 0 Å². The van der Waals surface area contributed by atoms with Gasteiger partial charge in [-0.05, 0) is 57.6 Å². The van der Waals surface area contributed by atoms with E-state index in [0.717, 1.165) is 44.2 Å². The van der Waals surface area contributed by atoms with Gasteiger partial charge in [-0.25, -0.2) is 15.0 Å². The molecule has 2 aromatic heterocycles. The minimum Gasteiger partial charge on any atom is -0.456 e. The van der Waals surface area contributed by atoms with Gasteiger partial charge in [-0.15, -0.1) is 0 Å². The minimum absolute atomic E-state index is 0.159. The molecule has 0 spiro atoms. The molecule has 9 rings (SSSR count). The average Bonchev–Trinajstić information content (AvgIpc) is 3.59. The van der Waals surface area contributed by atoms with Crippen molar-refractivity contribution < 1.29 is 4.42 Å². The molecule has 0 amide bonds. The van der Waals surface area contributed by atoms with E-state index >= 15 is 0 Å². The average molecular weight is 592 g/mol. The summed E-state index contributed by atoms with van der Waals surface area (Å²) in [4.78, 5) is 14.8. The largest absolute Gasteiger partial charge is 0.456 e. The summed E-state index contributed by atoms with van der Waals surface area (Å²) in [7, 11) is 0. The Kier molecular flexibility index (Phi) is 5.81. The normalized spacial score (nSPS) is 13.2. The lowest BCUT2D eigenvalue weighted by Crippen LogP contribution is -2.14. The minimum atomic E-state index is -0.159. The maximum atomic E-state index is 6.36. The molecule has 0 unspecified atom stereocenters. The van der Waals surface area contributed by atoms with E-state index in [1.165, 1.54) is 27.8 Å². The predicted molar refractivity (Wildman–Crippen MR) is 186 cm³/mol. The van der Waals surface area contributed by atoms with Crippen molar-refractivity contribution in [3.63, 3.8) is 0 Å². The van der Waals surface area contributed by atoms with Gasteiger partial charge < -0.3 is 4.42 Å². The van der Waals surface area contributed by atoms with E-state index in [9.17, 15) is 0 Å². The van der Waals surface area contributed by atoms with Crippen LogP contribution in [0.2, 0.25) is 0 Å². The van der Waals surface area contributed by atoms with Gasteiger partial charge in [-0.2, -0.15) is 0 Å². The van der Waals surface area contributed by atoms with Gasteiger partial charge in [0.25, 0.3) is 0 Å². The maximum Gasteiger partial charge on any atom is 0.164 e. The van der Waals surface area contributed by atoms with E-state index in [0.29, 0.717) is 17.5 Å². The first-order valence-corrected chi connectivity index (χ1v) is 15.6. The van der Waals surface area contributed by atoms with Crippen molar-refractivity contribution in [3.05, 3.63) is 151 Å². The highest BCUT2D eigenvalue weighted by atomic mass is 16.3. The van der Waals surface area contributed by atoms with E-state index < -0.39 is 0 Å². The summed E-state index contributed by atoms with van der Waals surface area (Å²) in [6.45, 7) is 4.65. The van der Waals surface area contributed by atoms with Gasteiger partial charge in [-0.1, -0.05) is 129 Å². The Morgan fingerprint density at radius 1 is 0.435 bits per heavy atom. The van der Waals surface area contributed by atoms with Crippen molar-refractivity contribution in [2.45, 2.75) is 19.3 Å². The lowest BCUT2D eigenvalue weighted by atomic mass is 9.81. The quantitative estimate of drug-likeness (QED) is 0.204. The Morgan fingerprint density at radius 3 is 1.74 bits per heavy atom. The molecule has 6 aromatic carbocycles. The van der Waals surface area contributed by atoms with Gasteiger partial charge in [0.15, 0.2) is 17.5 Å². The highest BCUT2D eigenvalue weighted by Gasteiger charge is 2.37. The molecule has 0 bridgehead atoms. The second kappa shape index (κ2) is 10.1. The fraction of sp³-hybridized carbons (Fsp3) is 0.0714. The van der Waals surface area contributed by atoms with Gasteiger partial charge in [0.05, 0.1) is 0 Å². The molecule has 4 heteroatoms. The predicted octanol–water partition coefficient (Wildman–Crippen LogP) is 10.7. The van der Waals surface area contributed by atoms with E-state index in [1.807, 2.05) is 72.8 Å². The molecule has 218 valence electrons. The van der Waals surface area contributed by atoms with E-state index in [2.05, 4.69) is 80.6 Å². The number of hydrogen-bond acceptors (Lipinski definition) is 4. The molecule has 8 aromatic rings. The van der Waals surface area contributed by atoms with Crippen molar-refractivity contribution in [3.8, 4) is 56.4 Å². The second-order valence-corrected chi connectivity index (χ2v) is 12.5. The van der Waals surface area contributed by atoms with E-state index in [1.54, 1.807) is 0 Å². The van der Waals surface area contributed by atoms with Crippen LogP contribution in [0.3, 0.4) is 0 Å². The Bertz CT molecular complexity index is 2380. The molecular formula is C42H29N3O. The van der Waals surface area contributed by atoms with Crippen molar-refractivity contribution in [2.75, 3.05) is 0 Å². The highest BCUT2D eigenvalue weighted by Crippen LogP contribution is 2.53. The summed E-state index contributed by atoms with van der Waals surface area (Å²) >= 11 is 0. The Balaban J connectivity index is 1.22. The first-order chi connectivity index (χ1) is 22.5. The van der Waals surface area contributed by atoms with Crippen LogP contribution in [0.4, 0.5) is 0 Å². The van der Waals surface area contributed by atoms with Crippen LogP contribution >= 0.6 is 0 Å². The van der Waals surface area contributed by atoms with Crippen LogP contribution in [0.15, 0.2) is 144 Å². The zero-order chi connectivity index (χ0) is 30.8. The Morgan fingerprint density at radius 2 is 1.02 bits per heavy atom. The summed E-state index contributed by atoms with van der Waals surface area (Å²) in [5.74, 6) is 1.95. The maximum absolute atomic E-state index is 6.36. The van der Waals surface area contributed by atoms with Gasteiger partial charge in [0, 0.05) is 32.9 Å². The third-order valence-electron chi connectivity index (χ3n) is 9.33. The smallest absolute Gasteiger partial charge is 0.164 e. The number of hydrogen-bond donors (Lipinski definition) is 0. The van der Waals surface area contributed by atoms with Crippen LogP contribution in [0, 0.1) is 0 Å². The van der Waals surface area contributed by atoms with Crippen LogP contribution < -0.4 is 0 Å².